The molecule has 3 heterocycles. The van der Waals surface area contributed by atoms with Gasteiger partial charge in [0.2, 0.25) is 0 Å². The molecule has 4 rings (SSSR count). The van der Waals surface area contributed by atoms with E-state index >= 15 is 0 Å². The molecule has 2 aromatic heterocycles. The molecule has 0 aliphatic carbocycles. The van der Waals surface area contributed by atoms with Crippen molar-refractivity contribution in [2.45, 2.75) is 26.8 Å². The summed E-state index contributed by atoms with van der Waals surface area (Å²) in [4.78, 5) is 19.4. The molecule has 0 saturated heterocycles. The van der Waals surface area contributed by atoms with Gasteiger partial charge in [0.05, 0.1) is 19.9 Å². The quantitative estimate of drug-likeness (QED) is 0.713. The third-order valence-electron chi connectivity index (χ3n) is 4.95. The lowest BCUT2D eigenvalue weighted by Crippen LogP contribution is -2.36. The highest BCUT2D eigenvalue weighted by Crippen LogP contribution is 2.33. The third-order valence-corrected chi connectivity index (χ3v) is 4.95. The maximum Gasteiger partial charge on any atom is 0.272 e. The van der Waals surface area contributed by atoms with Gasteiger partial charge in [0.25, 0.3) is 5.91 Å². The van der Waals surface area contributed by atoms with E-state index < -0.39 is 0 Å². The lowest BCUT2D eigenvalue weighted by Gasteiger charge is -2.29. The van der Waals surface area contributed by atoms with Crippen LogP contribution in [-0.4, -0.2) is 46.2 Å². The second kappa shape index (κ2) is 6.57. The van der Waals surface area contributed by atoms with E-state index in [4.69, 9.17) is 9.47 Å². The number of aryl methyl sites for hydroxylation is 2. The Balaban J connectivity index is 1.64. The fourth-order valence-electron chi connectivity index (χ4n) is 3.57. The Morgan fingerprint density at radius 1 is 1.04 bits per heavy atom. The highest BCUT2D eigenvalue weighted by atomic mass is 16.5. The van der Waals surface area contributed by atoms with Crippen molar-refractivity contribution in [2.75, 3.05) is 20.8 Å². The van der Waals surface area contributed by atoms with E-state index in [1.807, 2.05) is 36.9 Å². The lowest BCUT2D eigenvalue weighted by atomic mass is 9.98. The number of hydrogen-bond acceptors (Lipinski definition) is 5. The minimum Gasteiger partial charge on any atom is -0.493 e. The fraction of sp³-hybridized carbons (Fsp3) is 0.350. The molecule has 7 heteroatoms. The Labute approximate surface area is 157 Å². The number of carbonyl (C=O) groups is 1. The van der Waals surface area contributed by atoms with Crippen LogP contribution in [0, 0.1) is 13.8 Å². The van der Waals surface area contributed by atoms with E-state index in [1.54, 1.807) is 24.8 Å². The topological polar surface area (TPSA) is 69.0 Å². The molecule has 0 spiro atoms. The monoisotopic (exact) mass is 366 g/mol. The number of methoxy groups -OCH3 is 2. The number of aromatic nitrogens is 3. The van der Waals surface area contributed by atoms with E-state index in [9.17, 15) is 4.79 Å². The number of carbonyl (C=O) groups excluding carboxylic acids is 1. The first-order chi connectivity index (χ1) is 13.0. The molecule has 0 unspecified atom stereocenters. The van der Waals surface area contributed by atoms with E-state index in [2.05, 4.69) is 10.1 Å². The van der Waals surface area contributed by atoms with Crippen molar-refractivity contribution in [2.24, 2.45) is 0 Å². The zero-order chi connectivity index (χ0) is 19.1. The van der Waals surface area contributed by atoms with E-state index in [0.717, 1.165) is 29.1 Å². The van der Waals surface area contributed by atoms with Crippen LogP contribution in [0.2, 0.25) is 0 Å². The summed E-state index contributed by atoms with van der Waals surface area (Å²) in [7, 11) is 3.25. The second-order valence-corrected chi connectivity index (χ2v) is 6.79. The largest absolute Gasteiger partial charge is 0.493 e. The summed E-state index contributed by atoms with van der Waals surface area (Å²) in [6.07, 6.45) is 0.772. The molecule has 3 aromatic rings. The Bertz CT molecular complexity index is 1040. The maximum absolute atomic E-state index is 13.1. The average Bonchev–Trinajstić information content (AvgIpc) is 3.06. The molecule has 1 amide bonds. The lowest BCUT2D eigenvalue weighted by molar-refractivity contribution is 0.0728. The molecule has 0 radical (unpaired) electrons. The molecule has 0 N–H and O–H groups in total. The molecule has 7 nitrogen and oxygen atoms in total. The predicted octanol–water partition coefficient (Wildman–Crippen LogP) is 2.56. The number of rotatable bonds is 3. The van der Waals surface area contributed by atoms with Gasteiger partial charge >= 0.3 is 0 Å². The van der Waals surface area contributed by atoms with Gasteiger partial charge in [-0.25, -0.2) is 9.50 Å². The molecule has 1 aliphatic heterocycles. The van der Waals surface area contributed by atoms with Crippen LogP contribution in [0.25, 0.3) is 5.65 Å². The Kier molecular flexibility index (Phi) is 4.22. The zero-order valence-corrected chi connectivity index (χ0v) is 15.9. The molecular weight excluding hydrogens is 344 g/mol. The molecule has 140 valence electrons. The standard InChI is InChI=1S/C20H22N4O3/c1-12-7-19-21-16(8-13(2)24(19)22-12)20(25)23-6-5-14-9-17(26-3)18(27-4)10-15(14)11-23/h7-10H,5-6,11H2,1-4H3. The van der Waals surface area contributed by atoms with Gasteiger partial charge in [0.1, 0.15) is 5.69 Å². The summed E-state index contributed by atoms with van der Waals surface area (Å²) in [5, 5.41) is 4.39. The summed E-state index contributed by atoms with van der Waals surface area (Å²) in [6, 6.07) is 7.63. The van der Waals surface area contributed by atoms with Crippen LogP contribution in [0.1, 0.15) is 33.0 Å². The second-order valence-electron chi connectivity index (χ2n) is 6.79. The van der Waals surface area contributed by atoms with Gasteiger partial charge < -0.3 is 14.4 Å². The molecule has 0 fully saturated rings. The molecule has 1 aromatic carbocycles. The summed E-state index contributed by atoms with van der Waals surface area (Å²) in [5.41, 5.74) is 5.17. The van der Waals surface area contributed by atoms with Crippen molar-refractivity contribution in [3.63, 3.8) is 0 Å². The minimum atomic E-state index is -0.0695. The summed E-state index contributed by atoms with van der Waals surface area (Å²) < 4.78 is 12.5. The van der Waals surface area contributed by atoms with Crippen molar-refractivity contribution in [3.8, 4) is 11.5 Å². The zero-order valence-electron chi connectivity index (χ0n) is 15.9. The number of benzene rings is 1. The molecule has 1 aliphatic rings. The van der Waals surface area contributed by atoms with Crippen molar-refractivity contribution in [1.82, 2.24) is 19.5 Å². The Hall–Kier alpha value is -3.09. The highest BCUT2D eigenvalue weighted by Gasteiger charge is 2.25. The number of amides is 1. The normalized spacial score (nSPS) is 13.6. The number of hydrogen-bond donors (Lipinski definition) is 0. The fourth-order valence-corrected chi connectivity index (χ4v) is 3.57. The van der Waals surface area contributed by atoms with Crippen LogP contribution >= 0.6 is 0 Å². The van der Waals surface area contributed by atoms with Crippen LogP contribution in [-0.2, 0) is 13.0 Å². The Morgan fingerprint density at radius 2 is 1.74 bits per heavy atom. The molecule has 0 saturated carbocycles. The summed E-state index contributed by atoms with van der Waals surface area (Å²) in [6.45, 7) is 5.02. The number of fused-ring (bicyclic) bond motifs is 2. The van der Waals surface area contributed by atoms with Crippen LogP contribution in [0.3, 0.4) is 0 Å². The molecular formula is C20H22N4O3. The first kappa shape index (κ1) is 17.3. The van der Waals surface area contributed by atoms with Gasteiger partial charge in [-0.15, -0.1) is 0 Å². The summed E-state index contributed by atoms with van der Waals surface area (Å²) >= 11 is 0. The molecule has 27 heavy (non-hydrogen) atoms. The van der Waals surface area contributed by atoms with Gasteiger partial charge in [-0.2, -0.15) is 5.10 Å². The first-order valence-corrected chi connectivity index (χ1v) is 8.87. The van der Waals surface area contributed by atoms with Crippen molar-refractivity contribution >= 4 is 11.6 Å². The molecule has 0 bridgehead atoms. The van der Waals surface area contributed by atoms with Gasteiger partial charge in [-0.05, 0) is 49.6 Å². The van der Waals surface area contributed by atoms with E-state index in [-0.39, 0.29) is 5.91 Å². The van der Waals surface area contributed by atoms with Crippen LogP contribution in [0.4, 0.5) is 0 Å². The van der Waals surface area contributed by atoms with Gasteiger partial charge in [-0.1, -0.05) is 0 Å². The van der Waals surface area contributed by atoms with Crippen molar-refractivity contribution in [3.05, 3.63) is 52.5 Å². The first-order valence-electron chi connectivity index (χ1n) is 8.87. The smallest absolute Gasteiger partial charge is 0.272 e. The highest BCUT2D eigenvalue weighted by molar-refractivity contribution is 5.93. The van der Waals surface area contributed by atoms with Crippen molar-refractivity contribution < 1.29 is 14.3 Å². The van der Waals surface area contributed by atoms with Gasteiger partial charge in [-0.3, -0.25) is 4.79 Å². The van der Waals surface area contributed by atoms with Crippen LogP contribution in [0.5, 0.6) is 11.5 Å². The maximum atomic E-state index is 13.1. The van der Waals surface area contributed by atoms with Gasteiger partial charge in [0.15, 0.2) is 17.1 Å². The number of ether oxygens (including phenoxy) is 2. The Morgan fingerprint density at radius 3 is 2.44 bits per heavy atom. The predicted molar refractivity (Wildman–Crippen MR) is 100 cm³/mol. The minimum absolute atomic E-state index is 0.0695. The van der Waals surface area contributed by atoms with Crippen LogP contribution < -0.4 is 9.47 Å². The van der Waals surface area contributed by atoms with E-state index in [0.29, 0.717) is 30.2 Å². The molecule has 0 atom stereocenters. The van der Waals surface area contributed by atoms with Crippen molar-refractivity contribution in [1.29, 1.82) is 0 Å². The summed E-state index contributed by atoms with van der Waals surface area (Å²) in [5.74, 6) is 1.32. The average molecular weight is 366 g/mol. The van der Waals surface area contributed by atoms with Crippen LogP contribution in [0.15, 0.2) is 24.3 Å². The van der Waals surface area contributed by atoms with Gasteiger partial charge in [0, 0.05) is 24.8 Å². The SMILES string of the molecule is COc1cc2c(cc1OC)CN(C(=O)c1cc(C)n3nc(C)cc3n1)CC2. The number of nitrogens with zero attached hydrogens (tertiary/aromatic N) is 4. The van der Waals surface area contributed by atoms with E-state index in [1.165, 1.54) is 5.56 Å². The third kappa shape index (κ3) is 2.99.